The first-order valence-electron chi connectivity index (χ1n) is 6.74. The number of aromatic hydroxyl groups is 2. The predicted octanol–water partition coefficient (Wildman–Crippen LogP) is 3.57. The zero-order valence-electron chi connectivity index (χ0n) is 12.8. The number of para-hydroxylation sites is 1. The first kappa shape index (κ1) is 17.9. The van der Waals surface area contributed by atoms with Crippen LogP contribution < -0.4 is 10.2 Å². The number of hydrazone groups is 1. The highest BCUT2D eigenvalue weighted by atomic mass is 35.5. The van der Waals surface area contributed by atoms with E-state index in [1.54, 1.807) is 13.0 Å². The Bertz CT molecular complexity index is 822. The van der Waals surface area contributed by atoms with E-state index in [0.717, 1.165) is 0 Å². The Morgan fingerprint density at radius 1 is 1.17 bits per heavy atom. The molecular weight excluding hydrogens is 355 g/mol. The molecule has 0 bridgehead atoms. The van der Waals surface area contributed by atoms with Gasteiger partial charge in [-0.2, -0.15) is 5.10 Å². The molecule has 24 heavy (non-hydrogen) atoms. The Balaban J connectivity index is 2.26. The minimum absolute atomic E-state index is 0.000696. The third-order valence-corrected chi connectivity index (χ3v) is 3.71. The molecule has 0 spiro atoms. The van der Waals surface area contributed by atoms with Gasteiger partial charge in [0, 0.05) is 10.6 Å². The van der Waals surface area contributed by atoms with E-state index in [-0.39, 0.29) is 39.1 Å². The Kier molecular flexibility index (Phi) is 5.54. The van der Waals surface area contributed by atoms with Crippen LogP contribution in [0.5, 0.6) is 17.2 Å². The summed E-state index contributed by atoms with van der Waals surface area (Å²) in [7, 11) is 1.38. The van der Waals surface area contributed by atoms with Crippen LogP contribution in [0.2, 0.25) is 10.0 Å². The van der Waals surface area contributed by atoms with Gasteiger partial charge in [0.1, 0.15) is 5.75 Å². The molecule has 0 saturated carbocycles. The summed E-state index contributed by atoms with van der Waals surface area (Å²) >= 11 is 11.7. The van der Waals surface area contributed by atoms with Crippen LogP contribution in [0.15, 0.2) is 35.4 Å². The van der Waals surface area contributed by atoms with Gasteiger partial charge in [0.15, 0.2) is 11.5 Å². The molecule has 0 aliphatic carbocycles. The second-order valence-electron chi connectivity index (χ2n) is 4.78. The van der Waals surface area contributed by atoms with E-state index in [9.17, 15) is 15.0 Å². The molecule has 2 aromatic carbocycles. The summed E-state index contributed by atoms with van der Waals surface area (Å²) in [6.07, 6.45) is 0. The molecule has 0 aliphatic rings. The maximum absolute atomic E-state index is 12.1. The molecule has 0 atom stereocenters. The number of nitrogens with zero attached hydrogens (tertiary/aromatic N) is 1. The summed E-state index contributed by atoms with van der Waals surface area (Å²) in [5.41, 5.74) is 2.86. The minimum Gasteiger partial charge on any atom is -0.506 e. The van der Waals surface area contributed by atoms with Crippen molar-refractivity contribution in [1.29, 1.82) is 0 Å². The average Bonchev–Trinajstić information content (AvgIpc) is 2.55. The fourth-order valence-electron chi connectivity index (χ4n) is 1.97. The molecule has 0 unspecified atom stereocenters. The van der Waals surface area contributed by atoms with E-state index in [1.807, 2.05) is 0 Å². The van der Waals surface area contributed by atoms with Gasteiger partial charge in [-0.05, 0) is 31.2 Å². The van der Waals surface area contributed by atoms with Gasteiger partial charge in [-0.1, -0.05) is 29.3 Å². The number of hydrogen-bond donors (Lipinski definition) is 3. The first-order valence-corrected chi connectivity index (χ1v) is 7.49. The highest BCUT2D eigenvalue weighted by molar-refractivity contribution is 6.36. The summed E-state index contributed by atoms with van der Waals surface area (Å²) in [6, 6.07) is 7.36. The Morgan fingerprint density at radius 2 is 1.88 bits per heavy atom. The number of nitrogens with one attached hydrogen (secondary N) is 1. The van der Waals surface area contributed by atoms with Crippen LogP contribution in [0.1, 0.15) is 22.8 Å². The topological polar surface area (TPSA) is 91.2 Å². The Morgan fingerprint density at radius 3 is 2.54 bits per heavy atom. The molecule has 0 aromatic heterocycles. The zero-order valence-corrected chi connectivity index (χ0v) is 14.3. The number of rotatable bonds is 4. The van der Waals surface area contributed by atoms with Crippen molar-refractivity contribution in [3.63, 3.8) is 0 Å². The summed E-state index contributed by atoms with van der Waals surface area (Å²) in [5, 5.41) is 24.2. The van der Waals surface area contributed by atoms with Crippen LogP contribution in [-0.4, -0.2) is 28.9 Å². The minimum atomic E-state index is -0.640. The molecule has 2 aromatic rings. The maximum Gasteiger partial charge on any atom is 0.275 e. The van der Waals surface area contributed by atoms with E-state index >= 15 is 0 Å². The van der Waals surface area contributed by atoms with Crippen LogP contribution in [0, 0.1) is 0 Å². The quantitative estimate of drug-likeness (QED) is 0.568. The molecule has 0 radical (unpaired) electrons. The molecule has 0 heterocycles. The maximum atomic E-state index is 12.1. The van der Waals surface area contributed by atoms with Crippen LogP contribution >= 0.6 is 23.2 Å². The van der Waals surface area contributed by atoms with Crippen molar-refractivity contribution in [3.8, 4) is 17.2 Å². The summed E-state index contributed by atoms with van der Waals surface area (Å²) in [6.45, 7) is 1.56. The zero-order chi connectivity index (χ0) is 17.9. The molecule has 6 nitrogen and oxygen atoms in total. The van der Waals surface area contributed by atoms with Gasteiger partial charge in [-0.15, -0.1) is 0 Å². The number of ether oxygens (including phenoxy) is 1. The van der Waals surface area contributed by atoms with Crippen LogP contribution in [0.25, 0.3) is 0 Å². The van der Waals surface area contributed by atoms with Gasteiger partial charge in [-0.3, -0.25) is 4.79 Å². The van der Waals surface area contributed by atoms with Crippen molar-refractivity contribution in [2.45, 2.75) is 6.92 Å². The molecule has 0 saturated heterocycles. The molecule has 126 valence electrons. The third kappa shape index (κ3) is 3.72. The van der Waals surface area contributed by atoms with Gasteiger partial charge in [0.05, 0.1) is 23.4 Å². The number of halogens is 2. The third-order valence-electron chi connectivity index (χ3n) is 3.21. The number of phenolic OH excluding ortho intramolecular Hbond substituents is 2. The lowest BCUT2D eigenvalue weighted by atomic mass is 10.1. The van der Waals surface area contributed by atoms with E-state index in [0.29, 0.717) is 5.02 Å². The number of hydrogen-bond acceptors (Lipinski definition) is 5. The summed E-state index contributed by atoms with van der Waals surface area (Å²) in [4.78, 5) is 12.1. The van der Waals surface area contributed by atoms with Crippen molar-refractivity contribution < 1.29 is 19.7 Å². The number of benzene rings is 2. The number of phenols is 2. The number of carbonyl (C=O) groups excluding carboxylic acids is 1. The van der Waals surface area contributed by atoms with Crippen LogP contribution in [0.4, 0.5) is 0 Å². The summed E-state index contributed by atoms with van der Waals surface area (Å²) in [5.74, 6) is -0.958. The predicted molar refractivity (Wildman–Crippen MR) is 92.5 cm³/mol. The van der Waals surface area contributed by atoms with Crippen molar-refractivity contribution >= 4 is 34.8 Å². The second kappa shape index (κ2) is 7.42. The average molecular weight is 369 g/mol. The smallest absolute Gasteiger partial charge is 0.275 e. The number of amides is 1. The molecular formula is C16H14Cl2N2O4. The van der Waals surface area contributed by atoms with Crippen molar-refractivity contribution in [2.75, 3.05) is 7.11 Å². The van der Waals surface area contributed by atoms with Gasteiger partial charge < -0.3 is 14.9 Å². The first-order chi connectivity index (χ1) is 11.3. The molecule has 3 N–H and O–H groups in total. The van der Waals surface area contributed by atoms with Gasteiger partial charge in [0.2, 0.25) is 0 Å². The fourth-order valence-corrected chi connectivity index (χ4v) is 2.46. The van der Waals surface area contributed by atoms with Crippen molar-refractivity contribution in [1.82, 2.24) is 5.43 Å². The lowest BCUT2D eigenvalue weighted by molar-refractivity contribution is 0.0951. The summed E-state index contributed by atoms with van der Waals surface area (Å²) < 4.78 is 4.94. The molecule has 8 heteroatoms. The van der Waals surface area contributed by atoms with E-state index < -0.39 is 5.91 Å². The largest absolute Gasteiger partial charge is 0.506 e. The van der Waals surface area contributed by atoms with Crippen molar-refractivity contribution in [2.24, 2.45) is 5.10 Å². The van der Waals surface area contributed by atoms with Crippen molar-refractivity contribution in [3.05, 3.63) is 51.5 Å². The van der Waals surface area contributed by atoms with Gasteiger partial charge in [0.25, 0.3) is 5.91 Å². The highest BCUT2D eigenvalue weighted by Gasteiger charge is 2.15. The fraction of sp³-hybridized carbons (Fsp3) is 0.125. The monoisotopic (exact) mass is 368 g/mol. The molecule has 1 amide bonds. The molecule has 0 aliphatic heterocycles. The van der Waals surface area contributed by atoms with E-state index in [1.165, 1.54) is 31.4 Å². The highest BCUT2D eigenvalue weighted by Crippen LogP contribution is 2.32. The second-order valence-corrected chi connectivity index (χ2v) is 5.62. The Labute approximate surface area is 148 Å². The van der Waals surface area contributed by atoms with E-state index in [4.69, 9.17) is 27.9 Å². The van der Waals surface area contributed by atoms with E-state index in [2.05, 4.69) is 10.5 Å². The number of methoxy groups -OCH3 is 1. The van der Waals surface area contributed by atoms with Crippen LogP contribution in [0.3, 0.4) is 0 Å². The molecule has 0 fully saturated rings. The lowest BCUT2D eigenvalue weighted by Crippen LogP contribution is -2.19. The van der Waals surface area contributed by atoms with Gasteiger partial charge in [-0.25, -0.2) is 5.43 Å². The molecule has 2 rings (SSSR count). The SMILES string of the molecule is COc1cccc(C(=O)NN=C(C)c2cc(Cl)cc(Cl)c2O)c1O. The number of carbonyl (C=O) groups is 1. The standard InChI is InChI=1S/C16H14Cl2N2O4/c1-8(11-6-9(17)7-12(18)14(11)21)19-20-16(23)10-4-3-5-13(24-2)15(10)22/h3-7,21-22H,1-2H3,(H,20,23). The van der Waals surface area contributed by atoms with Crippen LogP contribution in [-0.2, 0) is 0 Å². The lowest BCUT2D eigenvalue weighted by Gasteiger charge is -2.09. The normalized spacial score (nSPS) is 11.2. The van der Waals surface area contributed by atoms with Gasteiger partial charge >= 0.3 is 0 Å². The Hall–Kier alpha value is -2.44.